The second-order valence-electron chi connectivity index (χ2n) is 6.77. The van der Waals surface area contributed by atoms with E-state index in [1.54, 1.807) is 0 Å². The Morgan fingerprint density at radius 3 is 2.67 bits per heavy atom. The maximum atomic E-state index is 6.11. The van der Waals surface area contributed by atoms with Crippen LogP contribution in [0, 0.1) is 11.3 Å². The van der Waals surface area contributed by atoms with Crippen LogP contribution in [0.3, 0.4) is 0 Å². The number of nitrogens with two attached hydrogens (primary N) is 1. The van der Waals surface area contributed by atoms with Crippen LogP contribution in [0.15, 0.2) is 4.99 Å². The van der Waals surface area contributed by atoms with Crippen molar-refractivity contribution >= 4 is 5.96 Å². The van der Waals surface area contributed by atoms with Gasteiger partial charge in [-0.1, -0.05) is 20.8 Å². The fourth-order valence-electron chi connectivity index (χ4n) is 2.70. The summed E-state index contributed by atoms with van der Waals surface area (Å²) in [6.45, 7) is 10.7. The molecule has 1 atom stereocenters. The lowest BCUT2D eigenvalue weighted by Crippen LogP contribution is -2.44. The van der Waals surface area contributed by atoms with E-state index in [0.29, 0.717) is 0 Å². The van der Waals surface area contributed by atoms with Crippen LogP contribution in [0.2, 0.25) is 0 Å². The molecule has 0 aromatic heterocycles. The maximum absolute atomic E-state index is 6.11. The Morgan fingerprint density at radius 2 is 2.11 bits per heavy atom. The predicted octanol–water partition coefficient (Wildman–Crippen LogP) is 1.62. The molecule has 0 spiro atoms. The van der Waals surface area contributed by atoms with E-state index in [-0.39, 0.29) is 5.41 Å². The molecule has 1 aliphatic heterocycles. The molecular formula is C14H30N4. The first kappa shape index (κ1) is 15.3. The Hall–Kier alpha value is -0.770. The summed E-state index contributed by atoms with van der Waals surface area (Å²) in [6, 6.07) is 0. The van der Waals surface area contributed by atoms with E-state index in [9.17, 15) is 0 Å². The van der Waals surface area contributed by atoms with Crippen molar-refractivity contribution in [2.75, 3.05) is 40.3 Å². The summed E-state index contributed by atoms with van der Waals surface area (Å²) in [6.07, 6.45) is 2.55. The Kier molecular flexibility index (Phi) is 5.45. The Balaban J connectivity index is 2.50. The molecule has 4 nitrogen and oxygen atoms in total. The van der Waals surface area contributed by atoms with Crippen LogP contribution in [0.5, 0.6) is 0 Å². The highest BCUT2D eigenvalue weighted by Gasteiger charge is 2.21. The third kappa shape index (κ3) is 5.25. The van der Waals surface area contributed by atoms with Gasteiger partial charge in [-0.3, -0.25) is 4.99 Å². The van der Waals surface area contributed by atoms with Crippen molar-refractivity contribution in [3.05, 3.63) is 0 Å². The van der Waals surface area contributed by atoms with Crippen LogP contribution in [0.25, 0.3) is 0 Å². The van der Waals surface area contributed by atoms with E-state index in [0.717, 1.165) is 38.1 Å². The van der Waals surface area contributed by atoms with Crippen LogP contribution in [0.1, 0.15) is 33.6 Å². The van der Waals surface area contributed by atoms with Crippen molar-refractivity contribution in [1.29, 1.82) is 0 Å². The highest BCUT2D eigenvalue weighted by molar-refractivity contribution is 5.78. The van der Waals surface area contributed by atoms with Crippen LogP contribution >= 0.6 is 0 Å². The molecule has 18 heavy (non-hydrogen) atoms. The number of hydrogen-bond acceptors (Lipinski definition) is 2. The smallest absolute Gasteiger partial charge is 0.191 e. The minimum Gasteiger partial charge on any atom is -0.370 e. The van der Waals surface area contributed by atoms with Gasteiger partial charge in [0.25, 0.3) is 0 Å². The van der Waals surface area contributed by atoms with Crippen LogP contribution in [-0.2, 0) is 0 Å². The highest BCUT2D eigenvalue weighted by atomic mass is 15.3. The number of guanidine groups is 1. The van der Waals surface area contributed by atoms with Crippen LogP contribution in [0.4, 0.5) is 0 Å². The predicted molar refractivity (Wildman–Crippen MR) is 78.8 cm³/mol. The fourth-order valence-corrected chi connectivity index (χ4v) is 2.70. The summed E-state index contributed by atoms with van der Waals surface area (Å²) in [5.74, 6) is 1.47. The number of nitrogens with zero attached hydrogens (tertiary/aromatic N) is 3. The quantitative estimate of drug-likeness (QED) is 0.612. The molecule has 0 aliphatic carbocycles. The van der Waals surface area contributed by atoms with Crippen molar-refractivity contribution in [1.82, 2.24) is 9.80 Å². The van der Waals surface area contributed by atoms with Gasteiger partial charge in [0.1, 0.15) is 0 Å². The van der Waals surface area contributed by atoms with E-state index in [4.69, 9.17) is 5.73 Å². The third-order valence-electron chi connectivity index (χ3n) is 3.39. The van der Waals surface area contributed by atoms with E-state index in [1.807, 2.05) is 0 Å². The molecule has 1 aliphatic rings. The number of likely N-dealkylation sites (tertiary alicyclic amines) is 1. The van der Waals surface area contributed by atoms with Gasteiger partial charge in [0.2, 0.25) is 0 Å². The Labute approximate surface area is 112 Å². The summed E-state index contributed by atoms with van der Waals surface area (Å²) >= 11 is 0. The molecule has 0 bridgehead atoms. The molecule has 0 aromatic rings. The zero-order valence-corrected chi connectivity index (χ0v) is 12.7. The van der Waals surface area contributed by atoms with Gasteiger partial charge in [-0.25, -0.2) is 0 Å². The molecule has 0 saturated carbocycles. The molecule has 1 fully saturated rings. The first-order valence-corrected chi connectivity index (χ1v) is 7.00. The third-order valence-corrected chi connectivity index (χ3v) is 3.39. The second-order valence-corrected chi connectivity index (χ2v) is 6.77. The molecule has 4 heteroatoms. The largest absolute Gasteiger partial charge is 0.370 e. The molecule has 1 unspecified atom stereocenters. The van der Waals surface area contributed by atoms with Gasteiger partial charge in [-0.15, -0.1) is 0 Å². The average molecular weight is 254 g/mol. The molecule has 0 aromatic carbocycles. The highest BCUT2D eigenvalue weighted by Crippen LogP contribution is 2.18. The van der Waals surface area contributed by atoms with E-state index in [2.05, 4.69) is 49.7 Å². The topological polar surface area (TPSA) is 44.9 Å². The minimum atomic E-state index is 0.176. The molecule has 1 rings (SSSR count). The van der Waals surface area contributed by atoms with Crippen molar-refractivity contribution < 1.29 is 0 Å². The summed E-state index contributed by atoms with van der Waals surface area (Å²) < 4.78 is 0. The van der Waals surface area contributed by atoms with Gasteiger partial charge in [-0.2, -0.15) is 0 Å². The number of aliphatic imine (C=N–C) groups is 1. The number of piperidine rings is 1. The van der Waals surface area contributed by atoms with Gasteiger partial charge in [0.05, 0.1) is 0 Å². The van der Waals surface area contributed by atoms with Gasteiger partial charge < -0.3 is 15.5 Å². The van der Waals surface area contributed by atoms with Gasteiger partial charge >= 0.3 is 0 Å². The first-order chi connectivity index (χ1) is 8.30. The summed E-state index contributed by atoms with van der Waals surface area (Å²) in [7, 11) is 4.20. The van der Waals surface area contributed by atoms with Crippen molar-refractivity contribution in [3.63, 3.8) is 0 Å². The SMILES string of the molecule is CC1CCCN(C(N)=NCC(C)(C)CN(C)C)C1. The van der Waals surface area contributed by atoms with Crippen molar-refractivity contribution in [2.45, 2.75) is 33.6 Å². The Morgan fingerprint density at radius 1 is 1.44 bits per heavy atom. The molecule has 0 amide bonds. The molecule has 1 saturated heterocycles. The molecule has 0 radical (unpaired) electrons. The lowest BCUT2D eigenvalue weighted by molar-refractivity contribution is 0.244. The zero-order valence-electron chi connectivity index (χ0n) is 12.7. The number of rotatable bonds is 4. The first-order valence-electron chi connectivity index (χ1n) is 7.00. The Bertz CT molecular complexity index is 284. The van der Waals surface area contributed by atoms with Gasteiger partial charge in [-0.05, 0) is 38.3 Å². The van der Waals surface area contributed by atoms with Crippen molar-refractivity contribution in [2.24, 2.45) is 22.1 Å². The monoisotopic (exact) mass is 254 g/mol. The molecule has 2 N–H and O–H groups in total. The summed E-state index contributed by atoms with van der Waals surface area (Å²) in [5.41, 5.74) is 6.29. The fraction of sp³-hybridized carbons (Fsp3) is 0.929. The summed E-state index contributed by atoms with van der Waals surface area (Å²) in [4.78, 5) is 9.04. The van der Waals surface area contributed by atoms with E-state index < -0.39 is 0 Å². The molecular weight excluding hydrogens is 224 g/mol. The van der Waals surface area contributed by atoms with E-state index in [1.165, 1.54) is 12.8 Å². The lowest BCUT2D eigenvalue weighted by Gasteiger charge is -2.32. The van der Waals surface area contributed by atoms with Gasteiger partial charge in [0.15, 0.2) is 5.96 Å². The number of hydrogen-bond donors (Lipinski definition) is 1. The zero-order chi connectivity index (χ0) is 13.8. The van der Waals surface area contributed by atoms with Crippen LogP contribution < -0.4 is 5.73 Å². The average Bonchev–Trinajstić information content (AvgIpc) is 2.24. The maximum Gasteiger partial charge on any atom is 0.191 e. The van der Waals surface area contributed by atoms with E-state index >= 15 is 0 Å². The standard InChI is InChI=1S/C14H30N4/c1-12-7-6-8-18(9-12)13(15)16-10-14(2,3)11-17(4)5/h12H,6-11H2,1-5H3,(H2,15,16). The second kappa shape index (κ2) is 6.41. The van der Waals surface area contributed by atoms with Gasteiger partial charge in [0, 0.05) is 26.2 Å². The molecule has 106 valence electrons. The lowest BCUT2D eigenvalue weighted by atomic mass is 9.93. The molecule has 1 heterocycles. The van der Waals surface area contributed by atoms with Crippen molar-refractivity contribution in [3.8, 4) is 0 Å². The summed E-state index contributed by atoms with van der Waals surface area (Å²) in [5, 5.41) is 0. The normalized spacial score (nSPS) is 22.7. The van der Waals surface area contributed by atoms with Crippen LogP contribution in [-0.4, -0.2) is 56.0 Å². The minimum absolute atomic E-state index is 0.176.